The van der Waals surface area contributed by atoms with Crippen molar-refractivity contribution in [2.45, 2.75) is 26.2 Å². The SMILES string of the molecule is O=C(NCc1ccccc1)c1ccc(CN(Cc2ccccc2)Cc2ccc(Cl)cc2)o1. The third-order valence-corrected chi connectivity index (χ3v) is 5.38. The van der Waals surface area contributed by atoms with Crippen LogP contribution in [0.15, 0.2) is 101 Å². The molecule has 5 heteroatoms. The summed E-state index contributed by atoms with van der Waals surface area (Å²) in [4.78, 5) is 14.8. The van der Waals surface area contributed by atoms with Crippen molar-refractivity contribution in [2.75, 3.05) is 0 Å². The predicted molar refractivity (Wildman–Crippen MR) is 127 cm³/mol. The lowest BCUT2D eigenvalue weighted by Gasteiger charge is -2.21. The largest absolute Gasteiger partial charge is 0.455 e. The van der Waals surface area contributed by atoms with Crippen LogP contribution in [0.2, 0.25) is 5.02 Å². The Labute approximate surface area is 193 Å². The Morgan fingerprint density at radius 1 is 0.719 bits per heavy atom. The zero-order valence-corrected chi connectivity index (χ0v) is 18.5. The zero-order valence-electron chi connectivity index (χ0n) is 17.7. The Bertz CT molecular complexity index is 1130. The van der Waals surface area contributed by atoms with E-state index in [1.54, 1.807) is 6.07 Å². The van der Waals surface area contributed by atoms with Gasteiger partial charge in [0.05, 0.1) is 6.54 Å². The highest BCUT2D eigenvalue weighted by atomic mass is 35.5. The Balaban J connectivity index is 1.42. The molecule has 0 aliphatic rings. The van der Waals surface area contributed by atoms with Crippen LogP contribution in [0.4, 0.5) is 0 Å². The van der Waals surface area contributed by atoms with Gasteiger partial charge in [0.25, 0.3) is 5.91 Å². The summed E-state index contributed by atoms with van der Waals surface area (Å²) in [5.74, 6) is 0.856. The fourth-order valence-electron chi connectivity index (χ4n) is 3.53. The zero-order chi connectivity index (χ0) is 22.2. The molecule has 1 aromatic heterocycles. The Morgan fingerprint density at radius 3 is 1.97 bits per heavy atom. The molecule has 0 fully saturated rings. The van der Waals surface area contributed by atoms with Crippen molar-refractivity contribution in [1.82, 2.24) is 10.2 Å². The highest BCUT2D eigenvalue weighted by Gasteiger charge is 2.14. The normalized spacial score (nSPS) is 10.9. The molecule has 0 spiro atoms. The fraction of sp³-hybridized carbons (Fsp3) is 0.148. The number of nitrogens with zero attached hydrogens (tertiary/aromatic N) is 1. The second-order valence-electron chi connectivity index (χ2n) is 7.69. The minimum absolute atomic E-state index is 0.215. The Hall–Kier alpha value is -3.34. The maximum absolute atomic E-state index is 12.5. The van der Waals surface area contributed by atoms with Crippen molar-refractivity contribution in [3.05, 3.63) is 130 Å². The highest BCUT2D eigenvalue weighted by Crippen LogP contribution is 2.18. The average molecular weight is 445 g/mol. The number of halogens is 1. The molecule has 0 saturated carbocycles. The van der Waals surface area contributed by atoms with Crippen LogP contribution in [0.3, 0.4) is 0 Å². The second kappa shape index (κ2) is 10.8. The minimum Gasteiger partial charge on any atom is -0.455 e. The van der Waals surface area contributed by atoms with E-state index in [-0.39, 0.29) is 5.91 Å². The summed E-state index contributed by atoms with van der Waals surface area (Å²) in [6.07, 6.45) is 0. The summed E-state index contributed by atoms with van der Waals surface area (Å²) in [6.45, 7) is 2.55. The van der Waals surface area contributed by atoms with Gasteiger partial charge in [-0.3, -0.25) is 9.69 Å². The molecule has 0 aliphatic carbocycles. The predicted octanol–water partition coefficient (Wildman–Crippen LogP) is 6.07. The maximum Gasteiger partial charge on any atom is 0.287 e. The molecule has 1 amide bonds. The summed E-state index contributed by atoms with van der Waals surface area (Å²) in [5.41, 5.74) is 3.43. The molecule has 1 N–H and O–H groups in total. The number of hydrogen-bond donors (Lipinski definition) is 1. The lowest BCUT2D eigenvalue weighted by Crippen LogP contribution is -2.23. The van der Waals surface area contributed by atoms with E-state index >= 15 is 0 Å². The highest BCUT2D eigenvalue weighted by molar-refractivity contribution is 6.30. The second-order valence-corrected chi connectivity index (χ2v) is 8.13. The molecule has 4 rings (SSSR count). The molecule has 3 aromatic carbocycles. The van der Waals surface area contributed by atoms with Crippen LogP contribution in [0.25, 0.3) is 0 Å². The van der Waals surface area contributed by atoms with Crippen molar-refractivity contribution in [3.63, 3.8) is 0 Å². The van der Waals surface area contributed by atoms with E-state index in [2.05, 4.69) is 22.3 Å². The molecule has 162 valence electrons. The van der Waals surface area contributed by atoms with E-state index in [9.17, 15) is 4.79 Å². The molecule has 4 aromatic rings. The van der Waals surface area contributed by atoms with E-state index < -0.39 is 0 Å². The first kappa shape index (κ1) is 21.9. The third kappa shape index (κ3) is 6.33. The Kier molecular flexibility index (Phi) is 7.38. The molecule has 0 unspecified atom stereocenters. The van der Waals surface area contributed by atoms with Gasteiger partial charge < -0.3 is 9.73 Å². The molecule has 0 atom stereocenters. The maximum atomic E-state index is 12.5. The number of rotatable bonds is 9. The van der Waals surface area contributed by atoms with Gasteiger partial charge in [0, 0.05) is 24.7 Å². The van der Waals surface area contributed by atoms with Crippen LogP contribution >= 0.6 is 11.6 Å². The first-order valence-corrected chi connectivity index (χ1v) is 10.9. The van der Waals surface area contributed by atoms with Crippen molar-refractivity contribution in [1.29, 1.82) is 0 Å². The Morgan fingerprint density at radius 2 is 1.31 bits per heavy atom. The minimum atomic E-state index is -0.215. The molecular formula is C27H25ClN2O2. The number of benzene rings is 3. The van der Waals surface area contributed by atoms with Crippen LogP contribution in [-0.2, 0) is 26.2 Å². The number of carbonyl (C=O) groups is 1. The van der Waals surface area contributed by atoms with Crippen LogP contribution < -0.4 is 5.32 Å². The van der Waals surface area contributed by atoms with Gasteiger partial charge in [-0.2, -0.15) is 0 Å². The third-order valence-electron chi connectivity index (χ3n) is 5.13. The van der Waals surface area contributed by atoms with Crippen LogP contribution in [-0.4, -0.2) is 10.8 Å². The van der Waals surface area contributed by atoms with E-state index in [0.717, 1.165) is 35.0 Å². The monoisotopic (exact) mass is 444 g/mol. The van der Waals surface area contributed by atoms with Crippen LogP contribution in [0.1, 0.15) is 33.0 Å². The molecule has 4 nitrogen and oxygen atoms in total. The number of amides is 1. The number of hydrogen-bond acceptors (Lipinski definition) is 3. The van der Waals surface area contributed by atoms with Gasteiger partial charge in [0.15, 0.2) is 5.76 Å². The van der Waals surface area contributed by atoms with Gasteiger partial charge in [-0.05, 0) is 41.0 Å². The summed E-state index contributed by atoms with van der Waals surface area (Å²) in [5, 5.41) is 3.63. The van der Waals surface area contributed by atoms with Gasteiger partial charge in [-0.1, -0.05) is 84.4 Å². The molecule has 1 heterocycles. The van der Waals surface area contributed by atoms with Crippen molar-refractivity contribution >= 4 is 17.5 Å². The fourth-order valence-corrected chi connectivity index (χ4v) is 3.65. The first-order chi connectivity index (χ1) is 15.7. The van der Waals surface area contributed by atoms with E-state index in [1.807, 2.05) is 78.9 Å². The number of furan rings is 1. The topological polar surface area (TPSA) is 45.5 Å². The summed E-state index contributed by atoms with van der Waals surface area (Å²) < 4.78 is 5.88. The summed E-state index contributed by atoms with van der Waals surface area (Å²) >= 11 is 6.04. The van der Waals surface area contributed by atoms with Gasteiger partial charge in [-0.15, -0.1) is 0 Å². The van der Waals surface area contributed by atoms with E-state index in [0.29, 0.717) is 18.8 Å². The van der Waals surface area contributed by atoms with E-state index in [4.69, 9.17) is 16.0 Å². The first-order valence-electron chi connectivity index (χ1n) is 10.6. The summed E-state index contributed by atoms with van der Waals surface area (Å²) in [6, 6.07) is 31.6. The number of nitrogens with one attached hydrogen (secondary N) is 1. The standard InChI is InChI=1S/C27H25ClN2O2/c28-24-13-11-23(12-14-24)19-30(18-22-9-5-2-6-10-22)20-25-15-16-26(32-25)27(31)29-17-21-7-3-1-4-8-21/h1-16H,17-20H2,(H,29,31). The molecular weight excluding hydrogens is 420 g/mol. The smallest absolute Gasteiger partial charge is 0.287 e. The van der Waals surface area contributed by atoms with Crippen molar-refractivity contribution in [3.8, 4) is 0 Å². The van der Waals surface area contributed by atoms with Crippen LogP contribution in [0, 0.1) is 0 Å². The average Bonchev–Trinajstić information content (AvgIpc) is 3.29. The molecule has 0 bridgehead atoms. The van der Waals surface area contributed by atoms with Crippen LogP contribution in [0.5, 0.6) is 0 Å². The lowest BCUT2D eigenvalue weighted by atomic mass is 10.1. The van der Waals surface area contributed by atoms with Gasteiger partial charge >= 0.3 is 0 Å². The molecule has 0 saturated heterocycles. The van der Waals surface area contributed by atoms with Crippen molar-refractivity contribution in [2.24, 2.45) is 0 Å². The molecule has 32 heavy (non-hydrogen) atoms. The van der Waals surface area contributed by atoms with Crippen molar-refractivity contribution < 1.29 is 9.21 Å². The van der Waals surface area contributed by atoms with Gasteiger partial charge in [0.2, 0.25) is 0 Å². The number of carbonyl (C=O) groups excluding carboxylic acids is 1. The molecule has 0 radical (unpaired) electrons. The molecule has 0 aliphatic heterocycles. The quantitative estimate of drug-likeness (QED) is 0.341. The summed E-state index contributed by atoms with van der Waals surface area (Å²) in [7, 11) is 0. The van der Waals surface area contributed by atoms with E-state index in [1.165, 1.54) is 5.56 Å². The van der Waals surface area contributed by atoms with Gasteiger partial charge in [0.1, 0.15) is 5.76 Å². The lowest BCUT2D eigenvalue weighted by molar-refractivity contribution is 0.0918. The van der Waals surface area contributed by atoms with Gasteiger partial charge in [-0.25, -0.2) is 0 Å².